The largest absolute Gasteiger partial charge is 0.481 e. The Morgan fingerprint density at radius 3 is 1.95 bits per heavy atom. The third-order valence-corrected chi connectivity index (χ3v) is 4.75. The molecule has 5 heteroatoms. The number of carbonyl (C=O) groups excluding carboxylic acids is 1. The lowest BCUT2D eigenvalue weighted by molar-refractivity contribution is -0.883. The number of rotatable bonds is 13. The number of aliphatic carboxylic acids is 1. The first kappa shape index (κ1) is 21.4. The van der Waals surface area contributed by atoms with Crippen molar-refractivity contribution in [1.29, 1.82) is 0 Å². The van der Waals surface area contributed by atoms with E-state index in [0.29, 0.717) is 10.9 Å². The highest BCUT2D eigenvalue weighted by Crippen LogP contribution is 2.21. The second kappa shape index (κ2) is 11.0. The molecule has 0 saturated carbocycles. The zero-order valence-corrected chi connectivity index (χ0v) is 15.4. The third-order valence-electron chi connectivity index (χ3n) is 3.98. The molecule has 0 spiro atoms. The van der Waals surface area contributed by atoms with Gasteiger partial charge in [0.1, 0.15) is 11.7 Å². The Morgan fingerprint density at radius 1 is 1.00 bits per heavy atom. The third kappa shape index (κ3) is 9.42. The van der Waals surface area contributed by atoms with Gasteiger partial charge in [-0.2, -0.15) is 0 Å². The molecule has 0 radical (unpaired) electrons. The van der Waals surface area contributed by atoms with Crippen molar-refractivity contribution in [2.75, 3.05) is 21.1 Å². The molecule has 0 bridgehead atoms. The van der Waals surface area contributed by atoms with Crippen LogP contribution in [0, 0.1) is 5.92 Å². The molecule has 0 aliphatic rings. The van der Waals surface area contributed by atoms with Crippen molar-refractivity contribution in [1.82, 2.24) is 0 Å². The fraction of sp³-hybridized carbons (Fsp3) is 0.882. The molecule has 0 saturated heterocycles. The highest BCUT2D eigenvalue weighted by molar-refractivity contribution is 6.20. The first-order valence-corrected chi connectivity index (χ1v) is 8.84. The fourth-order valence-electron chi connectivity index (χ4n) is 2.31. The van der Waals surface area contributed by atoms with Crippen molar-refractivity contribution < 1.29 is 19.2 Å². The van der Waals surface area contributed by atoms with Gasteiger partial charge in [-0.1, -0.05) is 57.0 Å². The van der Waals surface area contributed by atoms with E-state index in [4.69, 9.17) is 11.6 Å². The molecule has 0 aliphatic carbocycles. The molecule has 0 aromatic rings. The summed E-state index contributed by atoms with van der Waals surface area (Å²) in [6, 6.07) is 0. The van der Waals surface area contributed by atoms with Crippen molar-refractivity contribution in [3.05, 3.63) is 0 Å². The van der Waals surface area contributed by atoms with Gasteiger partial charge in [-0.05, 0) is 6.42 Å². The molecule has 130 valence electrons. The second-order valence-electron chi connectivity index (χ2n) is 7.01. The van der Waals surface area contributed by atoms with Crippen LogP contribution in [0.3, 0.4) is 0 Å². The summed E-state index contributed by atoms with van der Waals surface area (Å²) < 4.78 is 0.441. The van der Waals surface area contributed by atoms with Crippen LogP contribution < -0.4 is 0 Å². The lowest BCUT2D eigenvalue weighted by atomic mass is 9.95. The molecule has 22 heavy (non-hydrogen) atoms. The minimum atomic E-state index is -1.05. The van der Waals surface area contributed by atoms with Crippen molar-refractivity contribution in [3.63, 3.8) is 0 Å². The molecular formula is C17H33ClNO3+. The number of carbonyl (C=O) groups is 2. The van der Waals surface area contributed by atoms with Crippen molar-refractivity contribution in [2.24, 2.45) is 5.92 Å². The number of quaternary nitrogens is 1. The maximum absolute atomic E-state index is 12.1. The monoisotopic (exact) mass is 334 g/mol. The Kier molecular flexibility index (Phi) is 10.7. The number of alkyl halides is 1. The molecule has 0 aromatic heterocycles. The number of hydrogen-bond donors (Lipinski definition) is 1. The maximum atomic E-state index is 12.1. The predicted octanol–water partition coefficient (Wildman–Crippen LogP) is 4.06. The van der Waals surface area contributed by atoms with E-state index in [1.807, 2.05) is 21.1 Å². The summed E-state index contributed by atoms with van der Waals surface area (Å²) in [7, 11) is 5.70. The average Bonchev–Trinajstić information content (AvgIpc) is 2.41. The molecule has 0 aromatic carbocycles. The summed E-state index contributed by atoms with van der Waals surface area (Å²) in [6.45, 7) is 2.19. The fourth-order valence-corrected chi connectivity index (χ4v) is 2.49. The van der Waals surface area contributed by atoms with Gasteiger partial charge in [-0.15, -0.1) is 0 Å². The van der Waals surface area contributed by atoms with Crippen LogP contribution in [0.5, 0.6) is 0 Å². The first-order chi connectivity index (χ1) is 10.2. The van der Waals surface area contributed by atoms with E-state index >= 15 is 0 Å². The van der Waals surface area contributed by atoms with Crippen molar-refractivity contribution >= 4 is 23.4 Å². The summed E-state index contributed by atoms with van der Waals surface area (Å²) in [6.07, 6.45) is 8.40. The molecule has 2 atom stereocenters. The summed E-state index contributed by atoms with van der Waals surface area (Å²) in [4.78, 5) is 23.5. The average molecular weight is 335 g/mol. The van der Waals surface area contributed by atoms with Gasteiger partial charge in [-0.3, -0.25) is 9.59 Å². The molecule has 0 fully saturated rings. The zero-order valence-electron chi connectivity index (χ0n) is 14.6. The highest BCUT2D eigenvalue weighted by Gasteiger charge is 2.33. The molecule has 1 N–H and O–H groups in total. The van der Waals surface area contributed by atoms with E-state index < -0.39 is 11.9 Å². The number of carboxylic acid groups (broad SMARTS) is 1. The lowest BCUT2D eigenvalue weighted by Crippen LogP contribution is -2.44. The van der Waals surface area contributed by atoms with Crippen LogP contribution in [0.4, 0.5) is 0 Å². The van der Waals surface area contributed by atoms with Crippen LogP contribution >= 0.6 is 11.6 Å². The number of unbranched alkanes of at least 4 members (excludes halogenated alkanes) is 6. The Morgan fingerprint density at radius 2 is 1.50 bits per heavy atom. The minimum Gasteiger partial charge on any atom is -0.481 e. The van der Waals surface area contributed by atoms with E-state index in [9.17, 15) is 14.7 Å². The van der Waals surface area contributed by atoms with Gasteiger partial charge >= 0.3 is 5.97 Å². The van der Waals surface area contributed by atoms with Crippen LogP contribution in [0.1, 0.15) is 64.7 Å². The molecule has 0 unspecified atom stereocenters. The SMILES string of the molecule is CCCCCCCCCC(=O)[C@H](C[C@@H](Cl)[N+](C)(C)C)C(=O)O. The van der Waals surface area contributed by atoms with E-state index in [1.54, 1.807) is 0 Å². The zero-order chi connectivity index (χ0) is 17.2. The lowest BCUT2D eigenvalue weighted by Gasteiger charge is -2.30. The number of carboxylic acids is 1. The minimum absolute atomic E-state index is 0.180. The standard InChI is InChI=1S/C17H32ClNO3/c1-5-6-7-8-9-10-11-12-15(20)14(17(21)22)13-16(18)19(2,3)4/h14,16H,5-13H2,1-4H3/p+1/t14-,16-/m0/s1. The molecule has 0 amide bonds. The van der Waals surface area contributed by atoms with Crippen LogP contribution in [0.25, 0.3) is 0 Å². The van der Waals surface area contributed by atoms with Gasteiger partial charge in [0.2, 0.25) is 0 Å². The smallest absolute Gasteiger partial charge is 0.314 e. The number of nitrogens with zero attached hydrogens (tertiary/aromatic N) is 1. The van der Waals surface area contributed by atoms with E-state index in [2.05, 4.69) is 6.92 Å². The number of ketones is 1. The molecule has 0 rings (SSSR count). The molecule has 4 nitrogen and oxygen atoms in total. The normalized spacial score (nSPS) is 14.6. The van der Waals surface area contributed by atoms with E-state index in [1.165, 1.54) is 25.7 Å². The summed E-state index contributed by atoms with van der Waals surface area (Å²) in [5.74, 6) is -2.20. The van der Waals surface area contributed by atoms with Gasteiger partial charge < -0.3 is 9.59 Å². The van der Waals surface area contributed by atoms with E-state index in [-0.39, 0.29) is 17.7 Å². The number of hydrogen-bond acceptors (Lipinski definition) is 2. The van der Waals surface area contributed by atoms with Crippen molar-refractivity contribution in [2.45, 2.75) is 70.2 Å². The summed E-state index contributed by atoms with van der Waals surface area (Å²) in [5, 5.41) is 9.27. The second-order valence-corrected chi connectivity index (χ2v) is 7.52. The van der Waals surface area contributed by atoms with Crippen LogP contribution in [0.15, 0.2) is 0 Å². The topological polar surface area (TPSA) is 54.4 Å². The van der Waals surface area contributed by atoms with Crippen LogP contribution in [-0.2, 0) is 9.59 Å². The Bertz CT molecular complexity index is 339. The van der Waals surface area contributed by atoms with Gasteiger partial charge in [0.15, 0.2) is 5.50 Å². The van der Waals surface area contributed by atoms with Crippen LogP contribution in [0.2, 0.25) is 0 Å². The van der Waals surface area contributed by atoms with Crippen molar-refractivity contribution in [3.8, 4) is 0 Å². The number of halogens is 1. The first-order valence-electron chi connectivity index (χ1n) is 8.40. The highest BCUT2D eigenvalue weighted by atomic mass is 35.5. The van der Waals surface area contributed by atoms with Gasteiger partial charge in [0.05, 0.1) is 21.1 Å². The van der Waals surface area contributed by atoms with Gasteiger partial charge in [0.25, 0.3) is 0 Å². The molecule has 0 heterocycles. The predicted molar refractivity (Wildman–Crippen MR) is 91.0 cm³/mol. The molecular weight excluding hydrogens is 302 g/mol. The summed E-state index contributed by atoms with van der Waals surface area (Å²) in [5.41, 5.74) is -0.376. The quantitative estimate of drug-likeness (QED) is 0.182. The van der Waals surface area contributed by atoms with Gasteiger partial charge in [-0.25, -0.2) is 0 Å². The Balaban J connectivity index is 4.14. The Labute approximate surface area is 140 Å². The maximum Gasteiger partial charge on any atom is 0.314 e. The Hall–Kier alpha value is -0.610. The van der Waals surface area contributed by atoms with Gasteiger partial charge in [0, 0.05) is 12.8 Å². The number of Topliss-reactive ketones (excluding diaryl/α,β-unsaturated/α-hetero) is 1. The molecule has 0 aliphatic heterocycles. The van der Waals surface area contributed by atoms with Crippen LogP contribution in [-0.4, -0.2) is 48.0 Å². The summed E-state index contributed by atoms with van der Waals surface area (Å²) >= 11 is 6.23. The van der Waals surface area contributed by atoms with E-state index in [0.717, 1.165) is 19.3 Å².